The highest BCUT2D eigenvalue weighted by molar-refractivity contribution is 9.10. The van der Waals surface area contributed by atoms with E-state index in [1.54, 1.807) is 31.6 Å². The highest BCUT2D eigenvalue weighted by atomic mass is 79.9. The van der Waals surface area contributed by atoms with E-state index in [0.29, 0.717) is 23.1 Å². The first-order valence-electron chi connectivity index (χ1n) is 6.31. The van der Waals surface area contributed by atoms with E-state index in [-0.39, 0.29) is 4.90 Å². The van der Waals surface area contributed by atoms with E-state index in [4.69, 9.17) is 5.73 Å². The zero-order valence-electron chi connectivity index (χ0n) is 11.5. The predicted octanol–water partition coefficient (Wildman–Crippen LogP) is 2.29. The van der Waals surface area contributed by atoms with Gasteiger partial charge in [-0.05, 0) is 58.2 Å². The van der Waals surface area contributed by atoms with Crippen LogP contribution in [-0.2, 0) is 16.4 Å². The van der Waals surface area contributed by atoms with Gasteiger partial charge < -0.3 is 5.73 Å². The molecule has 112 valence electrons. The number of hydrogen-bond acceptors (Lipinski definition) is 4. The normalized spacial score (nSPS) is 11.8. The molecule has 0 unspecified atom stereocenters. The smallest absolute Gasteiger partial charge is 0.244 e. The Morgan fingerprint density at radius 3 is 2.57 bits per heavy atom. The van der Waals surface area contributed by atoms with Crippen LogP contribution in [0.2, 0.25) is 0 Å². The lowest BCUT2D eigenvalue weighted by atomic mass is 10.2. The highest BCUT2D eigenvalue weighted by Crippen LogP contribution is 2.26. The Bertz CT molecular complexity index is 720. The monoisotopic (exact) mass is 369 g/mol. The summed E-state index contributed by atoms with van der Waals surface area (Å²) in [6.45, 7) is 0.383. The first-order valence-corrected chi connectivity index (χ1v) is 8.55. The van der Waals surface area contributed by atoms with Crippen LogP contribution in [0.1, 0.15) is 5.56 Å². The fourth-order valence-electron chi connectivity index (χ4n) is 1.84. The minimum atomic E-state index is -3.57. The molecule has 21 heavy (non-hydrogen) atoms. The molecule has 1 heterocycles. The zero-order chi connectivity index (χ0) is 15.5. The summed E-state index contributed by atoms with van der Waals surface area (Å²) in [6, 6.07) is 8.50. The lowest BCUT2D eigenvalue weighted by molar-refractivity contribution is 0.472. The molecular formula is C14H16BrN3O2S. The summed E-state index contributed by atoms with van der Waals surface area (Å²) in [5.41, 5.74) is 7.14. The molecule has 0 saturated carbocycles. The van der Waals surface area contributed by atoms with E-state index in [9.17, 15) is 8.42 Å². The van der Waals surface area contributed by atoms with Crippen molar-refractivity contribution in [2.45, 2.75) is 11.3 Å². The van der Waals surface area contributed by atoms with E-state index < -0.39 is 10.0 Å². The minimum absolute atomic E-state index is 0.180. The number of aromatic nitrogens is 1. The second kappa shape index (κ2) is 6.55. The molecule has 7 heteroatoms. The molecular weight excluding hydrogens is 354 g/mol. The van der Waals surface area contributed by atoms with Gasteiger partial charge in [0.15, 0.2) is 0 Å². The Balaban J connectivity index is 2.17. The largest absolute Gasteiger partial charge is 0.399 e. The molecule has 1 aromatic heterocycles. The predicted molar refractivity (Wildman–Crippen MR) is 86.3 cm³/mol. The Hall–Kier alpha value is -1.44. The van der Waals surface area contributed by atoms with Crippen LogP contribution in [0.5, 0.6) is 0 Å². The molecule has 0 aliphatic heterocycles. The number of pyridine rings is 1. The number of nitrogens with two attached hydrogens (primary N) is 1. The van der Waals surface area contributed by atoms with Crippen molar-refractivity contribution in [2.24, 2.45) is 0 Å². The van der Waals surface area contributed by atoms with Gasteiger partial charge in [0.2, 0.25) is 10.0 Å². The Morgan fingerprint density at radius 2 is 1.90 bits per heavy atom. The van der Waals surface area contributed by atoms with Crippen LogP contribution in [0.25, 0.3) is 0 Å². The third-order valence-electron chi connectivity index (χ3n) is 3.11. The van der Waals surface area contributed by atoms with E-state index >= 15 is 0 Å². The van der Waals surface area contributed by atoms with Crippen LogP contribution < -0.4 is 5.73 Å². The molecule has 0 atom stereocenters. The summed E-state index contributed by atoms with van der Waals surface area (Å²) in [6.07, 6.45) is 4.01. The molecule has 0 radical (unpaired) electrons. The molecule has 1 aromatic carbocycles. The fourth-order valence-corrected chi connectivity index (χ4v) is 3.97. The third kappa shape index (κ3) is 3.81. The van der Waals surface area contributed by atoms with Gasteiger partial charge in [0.25, 0.3) is 0 Å². The van der Waals surface area contributed by atoms with Crippen molar-refractivity contribution in [1.82, 2.24) is 9.29 Å². The van der Waals surface area contributed by atoms with Crippen molar-refractivity contribution in [3.63, 3.8) is 0 Å². The second-order valence-electron chi connectivity index (χ2n) is 4.62. The molecule has 0 fully saturated rings. The fraction of sp³-hybridized carbons (Fsp3) is 0.214. The van der Waals surface area contributed by atoms with E-state index in [1.807, 2.05) is 12.1 Å². The molecule has 5 nitrogen and oxygen atoms in total. The van der Waals surface area contributed by atoms with Crippen molar-refractivity contribution >= 4 is 31.6 Å². The number of hydrogen-bond donors (Lipinski definition) is 1. The van der Waals surface area contributed by atoms with Crippen LogP contribution >= 0.6 is 15.9 Å². The molecule has 0 bridgehead atoms. The average molecular weight is 370 g/mol. The SMILES string of the molecule is CN(CCc1ccncc1)S(=O)(=O)c1cc(N)ccc1Br. The van der Waals surface area contributed by atoms with Gasteiger partial charge in [-0.2, -0.15) is 0 Å². The van der Waals surface area contributed by atoms with Gasteiger partial charge in [-0.25, -0.2) is 12.7 Å². The van der Waals surface area contributed by atoms with Gasteiger partial charge >= 0.3 is 0 Å². The maximum absolute atomic E-state index is 12.6. The zero-order valence-corrected chi connectivity index (χ0v) is 13.9. The van der Waals surface area contributed by atoms with Gasteiger partial charge in [0, 0.05) is 36.1 Å². The van der Waals surface area contributed by atoms with Crippen molar-refractivity contribution < 1.29 is 8.42 Å². The maximum atomic E-state index is 12.6. The van der Waals surface area contributed by atoms with Crippen molar-refractivity contribution in [3.8, 4) is 0 Å². The quantitative estimate of drug-likeness (QED) is 0.820. The van der Waals surface area contributed by atoms with Gasteiger partial charge in [0.1, 0.15) is 0 Å². The summed E-state index contributed by atoms with van der Waals surface area (Å²) in [5, 5.41) is 0. The molecule has 0 amide bonds. The molecule has 2 N–H and O–H groups in total. The summed E-state index contributed by atoms with van der Waals surface area (Å²) in [4.78, 5) is 4.12. The van der Waals surface area contributed by atoms with Crippen LogP contribution in [0.3, 0.4) is 0 Å². The molecule has 0 aliphatic carbocycles. The number of halogens is 1. The molecule has 2 aromatic rings. The Morgan fingerprint density at radius 1 is 1.24 bits per heavy atom. The number of anilines is 1. The number of likely N-dealkylation sites (N-methyl/N-ethyl adjacent to an activating group) is 1. The number of sulfonamides is 1. The van der Waals surface area contributed by atoms with Gasteiger partial charge in [-0.15, -0.1) is 0 Å². The molecule has 0 aliphatic rings. The summed E-state index contributed by atoms with van der Waals surface area (Å²) < 4.78 is 26.9. The number of benzene rings is 1. The molecule has 0 spiro atoms. The summed E-state index contributed by atoms with van der Waals surface area (Å²) in [5.74, 6) is 0. The molecule has 2 rings (SSSR count). The summed E-state index contributed by atoms with van der Waals surface area (Å²) >= 11 is 3.26. The topological polar surface area (TPSA) is 76.3 Å². The summed E-state index contributed by atoms with van der Waals surface area (Å²) in [7, 11) is -2.01. The second-order valence-corrected chi connectivity index (χ2v) is 7.49. The van der Waals surface area contributed by atoms with E-state index in [2.05, 4.69) is 20.9 Å². The van der Waals surface area contributed by atoms with Crippen LogP contribution in [-0.4, -0.2) is 31.3 Å². The lowest BCUT2D eigenvalue weighted by Crippen LogP contribution is -2.29. The van der Waals surface area contributed by atoms with Crippen molar-refractivity contribution in [1.29, 1.82) is 0 Å². The van der Waals surface area contributed by atoms with Gasteiger partial charge in [-0.3, -0.25) is 4.98 Å². The first kappa shape index (κ1) is 15.9. The minimum Gasteiger partial charge on any atom is -0.399 e. The highest BCUT2D eigenvalue weighted by Gasteiger charge is 2.23. The standard InChI is InChI=1S/C14H16BrN3O2S/c1-18(9-6-11-4-7-17-8-5-11)21(19,20)14-10-12(16)2-3-13(14)15/h2-5,7-8,10H,6,9,16H2,1H3. The number of rotatable bonds is 5. The van der Waals surface area contributed by atoms with Crippen LogP contribution in [0.4, 0.5) is 5.69 Å². The third-order valence-corrected chi connectivity index (χ3v) is 5.96. The van der Waals surface area contributed by atoms with Crippen molar-refractivity contribution in [2.75, 3.05) is 19.3 Å². The Kier molecular flexibility index (Phi) is 4.97. The Labute approximate surface area is 133 Å². The van der Waals surface area contributed by atoms with Gasteiger partial charge in [0.05, 0.1) is 4.90 Å². The maximum Gasteiger partial charge on any atom is 0.244 e. The lowest BCUT2D eigenvalue weighted by Gasteiger charge is -2.18. The van der Waals surface area contributed by atoms with E-state index in [0.717, 1.165) is 5.56 Å². The first-order chi connectivity index (χ1) is 9.91. The number of nitrogens with zero attached hydrogens (tertiary/aromatic N) is 2. The van der Waals surface area contributed by atoms with Crippen molar-refractivity contribution in [3.05, 3.63) is 52.8 Å². The van der Waals surface area contributed by atoms with E-state index in [1.165, 1.54) is 10.4 Å². The number of nitrogen functional groups attached to an aromatic ring is 1. The average Bonchev–Trinajstić information content (AvgIpc) is 2.48. The van der Waals surface area contributed by atoms with Gasteiger partial charge in [-0.1, -0.05) is 0 Å². The molecule has 0 saturated heterocycles. The van der Waals surface area contributed by atoms with Crippen LogP contribution in [0.15, 0.2) is 52.1 Å². The van der Waals surface area contributed by atoms with Crippen LogP contribution in [0, 0.1) is 0 Å².